The Morgan fingerprint density at radius 3 is 2.50 bits per heavy atom. The van der Waals surface area contributed by atoms with Crippen LogP contribution in [0, 0.1) is 0 Å². The molecule has 0 amide bonds. The summed E-state index contributed by atoms with van der Waals surface area (Å²) in [5.74, 6) is 2.13. The summed E-state index contributed by atoms with van der Waals surface area (Å²) in [7, 11) is 0. The minimum absolute atomic E-state index is 0.0110. The van der Waals surface area contributed by atoms with E-state index in [4.69, 9.17) is 0 Å². The van der Waals surface area contributed by atoms with Gasteiger partial charge in [0.2, 0.25) is 0 Å². The van der Waals surface area contributed by atoms with Gasteiger partial charge in [-0.25, -0.2) is 4.68 Å². The van der Waals surface area contributed by atoms with Crippen molar-refractivity contribution in [3.8, 4) is 5.69 Å². The van der Waals surface area contributed by atoms with Gasteiger partial charge in [0.05, 0.1) is 20.5 Å². The van der Waals surface area contributed by atoms with Crippen LogP contribution >= 0.6 is 23.5 Å². The predicted molar refractivity (Wildman–Crippen MR) is 79.5 cm³/mol. The van der Waals surface area contributed by atoms with E-state index in [0.29, 0.717) is 5.35 Å². The van der Waals surface area contributed by atoms with Gasteiger partial charge in [-0.05, 0) is 12.1 Å². The number of para-hydroxylation sites is 1. The minimum Gasteiger partial charge on any atom is -0.291 e. The Balaban J connectivity index is 2.28. The van der Waals surface area contributed by atoms with Crippen LogP contribution in [0.3, 0.4) is 0 Å². The van der Waals surface area contributed by atoms with Gasteiger partial charge in [-0.1, -0.05) is 24.8 Å². The van der Waals surface area contributed by atoms with E-state index in [-0.39, 0.29) is 5.56 Å². The van der Waals surface area contributed by atoms with Crippen molar-refractivity contribution >= 4 is 34.3 Å². The number of aromatic amines is 1. The summed E-state index contributed by atoms with van der Waals surface area (Å²) in [5, 5.41) is 4.47. The van der Waals surface area contributed by atoms with Crippen molar-refractivity contribution in [2.24, 2.45) is 0 Å². The van der Waals surface area contributed by atoms with Crippen LogP contribution in [0.2, 0.25) is 0 Å². The van der Waals surface area contributed by atoms with Crippen molar-refractivity contribution in [3.05, 3.63) is 51.3 Å². The van der Waals surface area contributed by atoms with E-state index in [9.17, 15) is 4.79 Å². The maximum absolute atomic E-state index is 12.4. The fourth-order valence-corrected chi connectivity index (χ4v) is 4.49. The number of aromatic nitrogens is 2. The Bertz CT molecular complexity index is 723. The fraction of sp³-hybridized carbons (Fsp3) is 0.154. The molecule has 0 radical (unpaired) electrons. The maximum atomic E-state index is 12.4. The Kier molecular flexibility index (Phi) is 3.09. The molecule has 0 aliphatic carbocycles. The number of hydrogen-bond acceptors (Lipinski definition) is 3. The molecule has 5 heteroatoms. The smallest absolute Gasteiger partial charge is 0.280 e. The third-order valence-electron chi connectivity index (χ3n) is 2.73. The molecule has 0 saturated carbocycles. The molecule has 1 fully saturated rings. The van der Waals surface area contributed by atoms with Gasteiger partial charge in [0.1, 0.15) is 0 Å². The second kappa shape index (κ2) is 4.74. The molecular weight excluding hydrogens is 264 g/mol. The molecule has 3 nitrogen and oxygen atoms in total. The highest BCUT2D eigenvalue weighted by atomic mass is 32.2. The lowest BCUT2D eigenvalue weighted by Crippen LogP contribution is -2.34. The van der Waals surface area contributed by atoms with Crippen LogP contribution in [0.25, 0.3) is 16.5 Å². The first-order chi connectivity index (χ1) is 8.77. The molecule has 0 bridgehead atoms. The van der Waals surface area contributed by atoms with E-state index >= 15 is 0 Å². The van der Waals surface area contributed by atoms with Gasteiger partial charge in [0, 0.05) is 11.5 Å². The third-order valence-corrected chi connectivity index (χ3v) is 5.45. The topological polar surface area (TPSA) is 37.8 Å². The quantitative estimate of drug-likeness (QED) is 0.848. The largest absolute Gasteiger partial charge is 0.291 e. The fourth-order valence-electron chi connectivity index (χ4n) is 1.91. The molecule has 1 aliphatic heterocycles. The summed E-state index contributed by atoms with van der Waals surface area (Å²) in [5.41, 5.74) is 0.829. The molecule has 1 aliphatic rings. The number of thioether (sulfide) groups is 2. The molecular formula is C13H12N2OS2. The van der Waals surface area contributed by atoms with Crippen LogP contribution in [0.4, 0.5) is 0 Å². The number of rotatable bonds is 1. The Morgan fingerprint density at radius 2 is 1.83 bits per heavy atom. The van der Waals surface area contributed by atoms with Crippen LogP contribution in [-0.4, -0.2) is 21.3 Å². The summed E-state index contributed by atoms with van der Waals surface area (Å²) in [6, 6.07) is 9.57. The van der Waals surface area contributed by atoms with Gasteiger partial charge in [-0.3, -0.25) is 9.89 Å². The highest BCUT2D eigenvalue weighted by molar-refractivity contribution is 8.32. The van der Waals surface area contributed by atoms with E-state index in [0.717, 1.165) is 26.6 Å². The molecule has 0 unspecified atom stereocenters. The average Bonchev–Trinajstić information content (AvgIpc) is 2.99. The standard InChI is InChI=1S/C13H12N2OS2/c1-9-11(13-17-7-8-18-13)12(16)15(14-9)10-5-3-2-4-6-10/h2-6,14H,1,7-8H2. The summed E-state index contributed by atoms with van der Waals surface area (Å²) in [6.45, 7) is 3.95. The molecule has 1 aromatic carbocycles. The van der Waals surface area contributed by atoms with E-state index in [2.05, 4.69) is 11.7 Å². The second-order valence-corrected chi connectivity index (χ2v) is 6.39. The molecule has 1 aromatic heterocycles. The van der Waals surface area contributed by atoms with Gasteiger partial charge in [-0.15, -0.1) is 23.5 Å². The van der Waals surface area contributed by atoms with Gasteiger partial charge < -0.3 is 0 Å². The normalized spacial score (nSPS) is 15.2. The lowest BCUT2D eigenvalue weighted by molar-refractivity contribution is 0.838. The number of nitrogens with one attached hydrogen (secondary N) is 1. The van der Waals surface area contributed by atoms with Crippen molar-refractivity contribution < 1.29 is 0 Å². The summed E-state index contributed by atoms with van der Waals surface area (Å²) >= 11 is 3.48. The first-order valence-electron chi connectivity index (χ1n) is 5.62. The van der Waals surface area contributed by atoms with Crippen LogP contribution in [0.1, 0.15) is 0 Å². The molecule has 0 spiro atoms. The first-order valence-corrected chi connectivity index (χ1v) is 7.60. The SMILES string of the molecule is C=c1[nH]n(-c2ccccc2)c(=O)c1=C1SCCS1. The Labute approximate surface area is 113 Å². The van der Waals surface area contributed by atoms with Crippen LogP contribution < -0.4 is 16.1 Å². The van der Waals surface area contributed by atoms with Crippen LogP contribution in [-0.2, 0) is 0 Å². The van der Waals surface area contributed by atoms with E-state index in [1.807, 2.05) is 30.3 Å². The molecule has 2 aromatic rings. The molecule has 18 heavy (non-hydrogen) atoms. The zero-order valence-corrected chi connectivity index (χ0v) is 11.3. The highest BCUT2D eigenvalue weighted by Gasteiger charge is 2.14. The summed E-state index contributed by atoms with van der Waals surface area (Å²) < 4.78 is 2.65. The van der Waals surface area contributed by atoms with Crippen molar-refractivity contribution in [2.45, 2.75) is 0 Å². The average molecular weight is 276 g/mol. The highest BCUT2D eigenvalue weighted by Crippen LogP contribution is 2.35. The zero-order chi connectivity index (χ0) is 12.5. The molecule has 92 valence electrons. The number of H-pyrrole nitrogens is 1. The van der Waals surface area contributed by atoms with E-state index in [1.54, 1.807) is 28.2 Å². The first kappa shape index (κ1) is 11.7. The monoisotopic (exact) mass is 276 g/mol. The molecule has 0 atom stereocenters. The maximum Gasteiger partial charge on any atom is 0.280 e. The lowest BCUT2D eigenvalue weighted by atomic mass is 10.3. The Morgan fingerprint density at radius 1 is 1.17 bits per heavy atom. The summed E-state index contributed by atoms with van der Waals surface area (Å²) in [4.78, 5) is 12.4. The lowest BCUT2D eigenvalue weighted by Gasteiger charge is -1.98. The number of nitrogens with zero attached hydrogens (tertiary/aromatic N) is 1. The zero-order valence-electron chi connectivity index (χ0n) is 9.68. The molecule has 2 heterocycles. The van der Waals surface area contributed by atoms with Crippen molar-refractivity contribution in [1.29, 1.82) is 0 Å². The summed E-state index contributed by atoms with van der Waals surface area (Å²) in [6.07, 6.45) is 0. The minimum atomic E-state index is -0.0110. The van der Waals surface area contributed by atoms with Gasteiger partial charge in [0.15, 0.2) is 0 Å². The number of hydrogen-bond donors (Lipinski definition) is 1. The Hall–Kier alpha value is -1.33. The molecule has 3 rings (SSSR count). The van der Waals surface area contributed by atoms with Crippen molar-refractivity contribution in [3.63, 3.8) is 0 Å². The van der Waals surface area contributed by atoms with Crippen molar-refractivity contribution in [2.75, 3.05) is 11.5 Å². The third kappa shape index (κ3) is 1.93. The van der Waals surface area contributed by atoms with Gasteiger partial charge in [0.25, 0.3) is 5.56 Å². The van der Waals surface area contributed by atoms with E-state index < -0.39 is 0 Å². The second-order valence-electron chi connectivity index (χ2n) is 3.93. The van der Waals surface area contributed by atoms with Crippen molar-refractivity contribution in [1.82, 2.24) is 9.78 Å². The molecule has 1 saturated heterocycles. The predicted octanol–water partition coefficient (Wildman–Crippen LogP) is 1.12. The van der Waals surface area contributed by atoms with Crippen LogP contribution in [0.15, 0.2) is 35.1 Å². The van der Waals surface area contributed by atoms with Crippen LogP contribution in [0.5, 0.6) is 0 Å². The number of benzene rings is 1. The van der Waals surface area contributed by atoms with Gasteiger partial charge in [-0.2, -0.15) is 0 Å². The van der Waals surface area contributed by atoms with Gasteiger partial charge >= 0.3 is 0 Å². The molecule has 1 N–H and O–H groups in total. The van der Waals surface area contributed by atoms with E-state index in [1.165, 1.54) is 0 Å².